The van der Waals surface area contributed by atoms with Gasteiger partial charge in [-0.1, -0.05) is 36.8 Å². The van der Waals surface area contributed by atoms with Gasteiger partial charge in [-0.3, -0.25) is 4.79 Å². The molecule has 1 saturated heterocycles. The lowest BCUT2D eigenvalue weighted by molar-refractivity contribution is -0.161. The molecule has 0 amide bonds. The van der Waals surface area contributed by atoms with Crippen LogP contribution >= 0.6 is 0 Å². The van der Waals surface area contributed by atoms with Gasteiger partial charge < -0.3 is 4.74 Å². The molecule has 1 aromatic rings. The lowest BCUT2D eigenvalue weighted by Gasteiger charge is -2.33. The summed E-state index contributed by atoms with van der Waals surface area (Å²) in [5.74, 6) is 1.20. The number of carbonyl (C=O) groups is 1. The first-order valence-electron chi connectivity index (χ1n) is 6.56. The molecule has 2 aliphatic rings. The van der Waals surface area contributed by atoms with Gasteiger partial charge in [0.2, 0.25) is 0 Å². The number of fused-ring (bicyclic) bond motifs is 1. The van der Waals surface area contributed by atoms with E-state index in [1.165, 1.54) is 24.8 Å². The van der Waals surface area contributed by atoms with Gasteiger partial charge in [0.05, 0.1) is 0 Å². The van der Waals surface area contributed by atoms with Crippen LogP contribution in [-0.2, 0) is 16.0 Å². The Labute approximate surface area is 102 Å². The van der Waals surface area contributed by atoms with Gasteiger partial charge in [-0.25, -0.2) is 0 Å². The van der Waals surface area contributed by atoms with Crippen molar-refractivity contribution in [1.29, 1.82) is 0 Å². The van der Waals surface area contributed by atoms with E-state index in [-0.39, 0.29) is 12.1 Å². The normalized spacial score (nSPS) is 32.0. The SMILES string of the molecule is O=C1C[C@H]2CCC[C@H]2[C@@H](Cc2ccccc2)O1. The molecule has 3 atom stereocenters. The second kappa shape index (κ2) is 4.52. The molecule has 3 rings (SSSR count). The van der Waals surface area contributed by atoms with Crippen LogP contribution in [0.1, 0.15) is 31.2 Å². The second-order valence-electron chi connectivity index (χ2n) is 5.28. The Morgan fingerprint density at radius 2 is 2.00 bits per heavy atom. The minimum absolute atomic E-state index is 0.00841. The maximum absolute atomic E-state index is 11.6. The first-order chi connectivity index (χ1) is 8.33. The predicted molar refractivity (Wildman–Crippen MR) is 65.5 cm³/mol. The van der Waals surface area contributed by atoms with Crippen molar-refractivity contribution in [3.05, 3.63) is 35.9 Å². The molecule has 0 N–H and O–H groups in total. The zero-order valence-corrected chi connectivity index (χ0v) is 9.97. The Kier molecular flexibility index (Phi) is 2.87. The summed E-state index contributed by atoms with van der Waals surface area (Å²) in [5, 5.41) is 0. The third-order valence-corrected chi connectivity index (χ3v) is 4.19. The van der Waals surface area contributed by atoms with Crippen LogP contribution in [-0.4, -0.2) is 12.1 Å². The van der Waals surface area contributed by atoms with Gasteiger partial charge >= 0.3 is 5.97 Å². The van der Waals surface area contributed by atoms with Crippen LogP contribution in [0.2, 0.25) is 0 Å². The summed E-state index contributed by atoms with van der Waals surface area (Å²) < 4.78 is 5.57. The molecule has 0 bridgehead atoms. The fourth-order valence-electron chi connectivity index (χ4n) is 3.37. The molecular formula is C15H18O2. The van der Waals surface area contributed by atoms with Gasteiger partial charge in [-0.2, -0.15) is 0 Å². The molecule has 1 aliphatic carbocycles. The lowest BCUT2D eigenvalue weighted by atomic mass is 9.83. The maximum atomic E-state index is 11.6. The minimum atomic E-state index is 0.00841. The summed E-state index contributed by atoms with van der Waals surface area (Å²) in [6, 6.07) is 10.4. The van der Waals surface area contributed by atoms with Crippen LogP contribution in [0.25, 0.3) is 0 Å². The zero-order chi connectivity index (χ0) is 11.7. The van der Waals surface area contributed by atoms with Gasteiger partial charge in [0.25, 0.3) is 0 Å². The number of benzene rings is 1. The molecule has 2 fully saturated rings. The molecule has 0 radical (unpaired) electrons. The summed E-state index contributed by atoms with van der Waals surface area (Å²) in [6.07, 6.45) is 5.35. The quantitative estimate of drug-likeness (QED) is 0.730. The van der Waals surface area contributed by atoms with E-state index in [2.05, 4.69) is 12.1 Å². The molecule has 1 aliphatic heterocycles. The van der Waals surface area contributed by atoms with E-state index in [0.29, 0.717) is 18.3 Å². The zero-order valence-electron chi connectivity index (χ0n) is 9.97. The smallest absolute Gasteiger partial charge is 0.306 e. The Morgan fingerprint density at radius 1 is 1.18 bits per heavy atom. The van der Waals surface area contributed by atoms with Crippen LogP contribution in [0.4, 0.5) is 0 Å². The highest BCUT2D eigenvalue weighted by Gasteiger charge is 2.41. The standard InChI is InChI=1S/C15H18O2/c16-15-10-12-7-4-8-13(12)14(17-15)9-11-5-2-1-3-6-11/h1-3,5-6,12-14H,4,7-10H2/t12-,13-,14-/m1/s1. The Hall–Kier alpha value is -1.31. The molecule has 1 saturated carbocycles. The molecule has 2 nitrogen and oxygen atoms in total. The van der Waals surface area contributed by atoms with Crippen LogP contribution < -0.4 is 0 Å². The highest BCUT2D eigenvalue weighted by atomic mass is 16.5. The Morgan fingerprint density at radius 3 is 2.82 bits per heavy atom. The number of ether oxygens (including phenoxy) is 1. The first kappa shape index (κ1) is 10.8. The predicted octanol–water partition coefficient (Wildman–Crippen LogP) is 2.96. The van der Waals surface area contributed by atoms with Crippen molar-refractivity contribution in [3.63, 3.8) is 0 Å². The maximum Gasteiger partial charge on any atom is 0.306 e. The number of rotatable bonds is 2. The van der Waals surface area contributed by atoms with E-state index < -0.39 is 0 Å². The lowest BCUT2D eigenvalue weighted by Crippen LogP contribution is -2.37. The summed E-state index contributed by atoms with van der Waals surface area (Å²) in [4.78, 5) is 11.6. The van der Waals surface area contributed by atoms with Crippen molar-refractivity contribution < 1.29 is 9.53 Å². The number of carbonyl (C=O) groups excluding carboxylic acids is 1. The number of hydrogen-bond donors (Lipinski definition) is 0. The molecule has 0 aromatic heterocycles. The average Bonchev–Trinajstić information content (AvgIpc) is 2.78. The van der Waals surface area contributed by atoms with E-state index in [4.69, 9.17) is 4.74 Å². The van der Waals surface area contributed by atoms with Crippen molar-refractivity contribution in [3.8, 4) is 0 Å². The molecule has 2 heteroatoms. The van der Waals surface area contributed by atoms with Gasteiger partial charge in [0.15, 0.2) is 0 Å². The summed E-state index contributed by atoms with van der Waals surface area (Å²) >= 11 is 0. The number of hydrogen-bond acceptors (Lipinski definition) is 2. The van der Waals surface area contributed by atoms with Gasteiger partial charge in [-0.15, -0.1) is 0 Å². The fourth-order valence-corrected chi connectivity index (χ4v) is 3.37. The van der Waals surface area contributed by atoms with Gasteiger partial charge in [0.1, 0.15) is 6.10 Å². The monoisotopic (exact) mass is 230 g/mol. The number of cyclic esters (lactones) is 1. The minimum Gasteiger partial charge on any atom is -0.462 e. The molecular weight excluding hydrogens is 212 g/mol. The van der Waals surface area contributed by atoms with Gasteiger partial charge in [0, 0.05) is 12.8 Å². The van der Waals surface area contributed by atoms with Gasteiger partial charge in [-0.05, 0) is 30.2 Å². The van der Waals surface area contributed by atoms with E-state index in [0.717, 1.165) is 6.42 Å². The van der Waals surface area contributed by atoms with Crippen LogP contribution in [0.3, 0.4) is 0 Å². The summed E-state index contributed by atoms with van der Waals surface area (Å²) in [7, 11) is 0. The van der Waals surface area contributed by atoms with Crippen molar-refractivity contribution in [1.82, 2.24) is 0 Å². The van der Waals surface area contributed by atoms with Crippen LogP contribution in [0.15, 0.2) is 30.3 Å². The third kappa shape index (κ3) is 2.21. The van der Waals surface area contributed by atoms with Crippen molar-refractivity contribution >= 4 is 5.97 Å². The Balaban J connectivity index is 1.75. The Bertz CT molecular complexity index is 399. The van der Waals surface area contributed by atoms with E-state index in [1.807, 2.05) is 18.2 Å². The third-order valence-electron chi connectivity index (χ3n) is 4.19. The number of esters is 1. The summed E-state index contributed by atoms with van der Waals surface area (Å²) in [5.41, 5.74) is 1.28. The molecule has 1 aromatic carbocycles. The molecule has 17 heavy (non-hydrogen) atoms. The molecule has 0 unspecified atom stereocenters. The highest BCUT2D eigenvalue weighted by molar-refractivity contribution is 5.71. The topological polar surface area (TPSA) is 26.3 Å². The molecule has 0 spiro atoms. The van der Waals surface area contributed by atoms with Crippen molar-refractivity contribution in [2.45, 2.75) is 38.2 Å². The fraction of sp³-hybridized carbons (Fsp3) is 0.533. The highest BCUT2D eigenvalue weighted by Crippen LogP contribution is 2.41. The van der Waals surface area contributed by atoms with E-state index >= 15 is 0 Å². The van der Waals surface area contributed by atoms with E-state index in [9.17, 15) is 4.79 Å². The molecule has 1 heterocycles. The van der Waals surface area contributed by atoms with Crippen molar-refractivity contribution in [2.24, 2.45) is 11.8 Å². The second-order valence-corrected chi connectivity index (χ2v) is 5.28. The largest absolute Gasteiger partial charge is 0.462 e. The summed E-state index contributed by atoms with van der Waals surface area (Å²) in [6.45, 7) is 0. The average molecular weight is 230 g/mol. The van der Waals surface area contributed by atoms with Crippen molar-refractivity contribution in [2.75, 3.05) is 0 Å². The molecule has 90 valence electrons. The van der Waals surface area contributed by atoms with Crippen LogP contribution in [0.5, 0.6) is 0 Å². The van der Waals surface area contributed by atoms with Crippen LogP contribution in [0, 0.1) is 11.8 Å². The van der Waals surface area contributed by atoms with E-state index in [1.54, 1.807) is 0 Å². The first-order valence-corrected chi connectivity index (χ1v) is 6.56.